The van der Waals surface area contributed by atoms with Crippen molar-refractivity contribution in [2.24, 2.45) is 0 Å². The molecule has 0 saturated carbocycles. The molecule has 3 nitrogen and oxygen atoms in total. The Labute approximate surface area is 91.9 Å². The van der Waals surface area contributed by atoms with E-state index in [0.29, 0.717) is 0 Å². The fourth-order valence-electron chi connectivity index (χ4n) is 1.33. The van der Waals surface area contributed by atoms with E-state index in [1.54, 1.807) is 0 Å². The van der Waals surface area contributed by atoms with Gasteiger partial charge in [0, 0.05) is 38.1 Å². The van der Waals surface area contributed by atoms with E-state index in [1.165, 1.54) is 0 Å². The molecule has 1 heterocycles. The van der Waals surface area contributed by atoms with Crippen LogP contribution in [0.15, 0.2) is 24.4 Å². The lowest BCUT2D eigenvalue weighted by Crippen LogP contribution is -2.20. The first-order chi connectivity index (χ1) is 7.43. The van der Waals surface area contributed by atoms with E-state index in [0.717, 1.165) is 44.8 Å². The predicted molar refractivity (Wildman–Crippen MR) is 61.9 cm³/mol. The smallest absolute Gasteiger partial charge is 0.0477 e. The molecule has 0 radical (unpaired) electrons. The van der Waals surface area contributed by atoms with E-state index in [-0.39, 0.29) is 0 Å². The van der Waals surface area contributed by atoms with Crippen LogP contribution in [0.4, 0.5) is 0 Å². The second-order valence-electron chi connectivity index (χ2n) is 3.37. The van der Waals surface area contributed by atoms with Gasteiger partial charge in [-0.1, -0.05) is 6.07 Å². The van der Waals surface area contributed by atoms with E-state index < -0.39 is 0 Å². The summed E-state index contributed by atoms with van der Waals surface area (Å²) in [7, 11) is 0. The first-order valence-electron chi connectivity index (χ1n) is 5.62. The third-order valence-corrected chi connectivity index (χ3v) is 2.13. The first-order valence-corrected chi connectivity index (χ1v) is 5.62. The third-order valence-electron chi connectivity index (χ3n) is 2.13. The van der Waals surface area contributed by atoms with Crippen molar-refractivity contribution in [2.75, 3.05) is 26.3 Å². The van der Waals surface area contributed by atoms with Crippen LogP contribution in [0.1, 0.15) is 19.0 Å². The van der Waals surface area contributed by atoms with Crippen LogP contribution in [0.25, 0.3) is 0 Å². The molecule has 0 atom stereocenters. The van der Waals surface area contributed by atoms with Gasteiger partial charge in [0.1, 0.15) is 0 Å². The first kappa shape index (κ1) is 12.1. The van der Waals surface area contributed by atoms with Crippen LogP contribution in [-0.2, 0) is 11.2 Å². The molecule has 0 fully saturated rings. The third kappa shape index (κ3) is 6.20. The number of aromatic nitrogens is 1. The Morgan fingerprint density at radius 3 is 3.00 bits per heavy atom. The molecule has 0 aliphatic heterocycles. The highest BCUT2D eigenvalue weighted by Gasteiger charge is 1.92. The van der Waals surface area contributed by atoms with E-state index in [4.69, 9.17) is 4.74 Å². The average Bonchev–Trinajstić information content (AvgIpc) is 2.29. The monoisotopic (exact) mass is 208 g/mol. The molecule has 0 saturated heterocycles. The van der Waals surface area contributed by atoms with Gasteiger partial charge in [-0.2, -0.15) is 0 Å². The Hall–Kier alpha value is -0.930. The minimum atomic E-state index is 0.813. The number of hydrogen-bond acceptors (Lipinski definition) is 3. The molecule has 1 aromatic heterocycles. The van der Waals surface area contributed by atoms with Gasteiger partial charge < -0.3 is 10.1 Å². The number of hydrogen-bond donors (Lipinski definition) is 1. The van der Waals surface area contributed by atoms with Crippen LogP contribution in [0.2, 0.25) is 0 Å². The molecule has 0 aliphatic carbocycles. The Morgan fingerprint density at radius 1 is 1.33 bits per heavy atom. The predicted octanol–water partition coefficient (Wildman–Crippen LogP) is 1.64. The zero-order chi connectivity index (χ0) is 10.8. The van der Waals surface area contributed by atoms with Crippen molar-refractivity contribution in [3.05, 3.63) is 30.1 Å². The second-order valence-corrected chi connectivity index (χ2v) is 3.37. The Bertz CT molecular complexity index is 239. The number of ether oxygens (including phenoxy) is 1. The maximum Gasteiger partial charge on any atom is 0.0477 e. The summed E-state index contributed by atoms with van der Waals surface area (Å²) in [6, 6.07) is 6.03. The highest BCUT2D eigenvalue weighted by atomic mass is 16.5. The van der Waals surface area contributed by atoms with E-state index in [2.05, 4.69) is 16.4 Å². The molecule has 1 rings (SSSR count). The fourth-order valence-corrected chi connectivity index (χ4v) is 1.33. The molecule has 84 valence electrons. The van der Waals surface area contributed by atoms with Crippen molar-refractivity contribution in [3.8, 4) is 0 Å². The van der Waals surface area contributed by atoms with Gasteiger partial charge in [-0.15, -0.1) is 0 Å². The van der Waals surface area contributed by atoms with Gasteiger partial charge in [-0.3, -0.25) is 4.98 Å². The SMILES string of the molecule is CCOCCCNCCc1ccccn1. The Morgan fingerprint density at radius 2 is 2.27 bits per heavy atom. The summed E-state index contributed by atoms with van der Waals surface area (Å²) in [6.45, 7) is 5.70. The van der Waals surface area contributed by atoms with Gasteiger partial charge in [0.25, 0.3) is 0 Å². The summed E-state index contributed by atoms with van der Waals surface area (Å²) in [5.74, 6) is 0. The van der Waals surface area contributed by atoms with Gasteiger partial charge in [-0.05, 0) is 32.0 Å². The van der Waals surface area contributed by atoms with Crippen molar-refractivity contribution < 1.29 is 4.74 Å². The van der Waals surface area contributed by atoms with Crippen molar-refractivity contribution in [3.63, 3.8) is 0 Å². The molecule has 15 heavy (non-hydrogen) atoms. The molecule has 0 unspecified atom stereocenters. The maximum atomic E-state index is 5.25. The summed E-state index contributed by atoms with van der Waals surface area (Å²) in [6.07, 6.45) is 3.91. The lowest BCUT2D eigenvalue weighted by Gasteiger charge is -2.04. The standard InChI is InChI=1S/C12H20N2O/c1-2-15-11-5-8-13-10-7-12-6-3-4-9-14-12/h3-4,6,9,13H,2,5,7-8,10-11H2,1H3. The number of pyridine rings is 1. The van der Waals surface area contributed by atoms with Gasteiger partial charge in [0.15, 0.2) is 0 Å². The van der Waals surface area contributed by atoms with E-state index in [9.17, 15) is 0 Å². The van der Waals surface area contributed by atoms with Crippen molar-refractivity contribution >= 4 is 0 Å². The van der Waals surface area contributed by atoms with Crippen LogP contribution in [0.3, 0.4) is 0 Å². The highest BCUT2D eigenvalue weighted by molar-refractivity contribution is 5.03. The van der Waals surface area contributed by atoms with Gasteiger partial charge >= 0.3 is 0 Å². The van der Waals surface area contributed by atoms with Crippen LogP contribution >= 0.6 is 0 Å². The highest BCUT2D eigenvalue weighted by Crippen LogP contribution is 1.92. The summed E-state index contributed by atoms with van der Waals surface area (Å²) in [5, 5.41) is 3.37. The fraction of sp³-hybridized carbons (Fsp3) is 0.583. The zero-order valence-electron chi connectivity index (χ0n) is 9.41. The van der Waals surface area contributed by atoms with Crippen molar-refractivity contribution in [1.82, 2.24) is 10.3 Å². The van der Waals surface area contributed by atoms with Crippen LogP contribution in [0.5, 0.6) is 0 Å². The second kappa shape index (κ2) is 8.38. The lowest BCUT2D eigenvalue weighted by molar-refractivity contribution is 0.145. The zero-order valence-corrected chi connectivity index (χ0v) is 9.41. The van der Waals surface area contributed by atoms with Crippen LogP contribution < -0.4 is 5.32 Å². The van der Waals surface area contributed by atoms with E-state index in [1.807, 2.05) is 25.3 Å². The molecule has 1 aromatic rings. The molecular weight excluding hydrogens is 188 g/mol. The summed E-state index contributed by atoms with van der Waals surface area (Å²) in [4.78, 5) is 4.26. The maximum absolute atomic E-state index is 5.25. The van der Waals surface area contributed by atoms with Crippen molar-refractivity contribution in [2.45, 2.75) is 19.8 Å². The topological polar surface area (TPSA) is 34.1 Å². The molecule has 0 amide bonds. The summed E-state index contributed by atoms with van der Waals surface area (Å²) >= 11 is 0. The molecule has 0 spiro atoms. The summed E-state index contributed by atoms with van der Waals surface area (Å²) in [5.41, 5.74) is 1.15. The minimum absolute atomic E-state index is 0.813. The van der Waals surface area contributed by atoms with Crippen molar-refractivity contribution in [1.29, 1.82) is 0 Å². The molecule has 0 aliphatic rings. The molecular formula is C12H20N2O. The molecule has 0 bridgehead atoms. The quantitative estimate of drug-likeness (QED) is 0.659. The number of nitrogens with one attached hydrogen (secondary N) is 1. The van der Waals surface area contributed by atoms with Gasteiger partial charge in [0.05, 0.1) is 0 Å². The summed E-state index contributed by atoms with van der Waals surface area (Å²) < 4.78 is 5.25. The van der Waals surface area contributed by atoms with Crippen LogP contribution in [0, 0.1) is 0 Å². The lowest BCUT2D eigenvalue weighted by atomic mass is 10.3. The van der Waals surface area contributed by atoms with Gasteiger partial charge in [-0.25, -0.2) is 0 Å². The minimum Gasteiger partial charge on any atom is -0.382 e. The molecule has 0 aromatic carbocycles. The van der Waals surface area contributed by atoms with Crippen LogP contribution in [-0.4, -0.2) is 31.3 Å². The average molecular weight is 208 g/mol. The number of rotatable bonds is 8. The van der Waals surface area contributed by atoms with E-state index >= 15 is 0 Å². The molecule has 1 N–H and O–H groups in total. The Kier molecular flexibility index (Phi) is 6.79. The number of nitrogens with zero attached hydrogens (tertiary/aromatic N) is 1. The van der Waals surface area contributed by atoms with Gasteiger partial charge in [0.2, 0.25) is 0 Å². The Balaban J connectivity index is 1.93. The largest absolute Gasteiger partial charge is 0.382 e. The normalized spacial score (nSPS) is 10.5. The molecule has 3 heteroatoms.